The van der Waals surface area contributed by atoms with Crippen LogP contribution in [0.5, 0.6) is 5.75 Å². The van der Waals surface area contributed by atoms with E-state index in [1.165, 1.54) is 5.56 Å². The van der Waals surface area contributed by atoms with Crippen LogP contribution in [0.1, 0.15) is 31.4 Å². The Kier molecular flexibility index (Phi) is 6.48. The first-order valence-electron chi connectivity index (χ1n) is 7.58. The minimum absolute atomic E-state index is 0.219. The number of likely N-dealkylation sites (tertiary alicyclic amines) is 1. The Balaban J connectivity index is 2.10. The molecule has 0 amide bonds. The van der Waals surface area contributed by atoms with E-state index in [1.54, 1.807) is 7.11 Å². The largest absolute Gasteiger partial charge is 0.497 e. The van der Waals surface area contributed by atoms with Crippen LogP contribution in [0.2, 0.25) is 0 Å². The van der Waals surface area contributed by atoms with Gasteiger partial charge in [0, 0.05) is 36.8 Å². The monoisotopic (exact) mass is 356 g/mol. The lowest BCUT2D eigenvalue weighted by molar-refractivity contribution is 0.00443. The molecule has 0 aliphatic carbocycles. The van der Waals surface area contributed by atoms with Crippen molar-refractivity contribution in [3.8, 4) is 5.75 Å². The molecule has 1 atom stereocenters. The third-order valence-electron chi connectivity index (χ3n) is 4.11. The van der Waals surface area contributed by atoms with Gasteiger partial charge >= 0.3 is 0 Å². The topological polar surface area (TPSA) is 47.7 Å². The van der Waals surface area contributed by atoms with Crippen LogP contribution in [0.4, 0.5) is 0 Å². The summed E-state index contributed by atoms with van der Waals surface area (Å²) in [6, 6.07) is 6.29. The third kappa shape index (κ3) is 4.19. The summed E-state index contributed by atoms with van der Waals surface area (Å²) in [5.41, 5.74) is 7.26. The van der Waals surface area contributed by atoms with Crippen LogP contribution in [-0.4, -0.2) is 44.4 Å². The lowest BCUT2D eigenvalue weighted by atomic mass is 10.00. The van der Waals surface area contributed by atoms with E-state index in [2.05, 4.69) is 33.8 Å². The molecule has 1 aromatic rings. The summed E-state index contributed by atoms with van der Waals surface area (Å²) < 4.78 is 12.2. The summed E-state index contributed by atoms with van der Waals surface area (Å²) in [4.78, 5) is 2.45. The van der Waals surface area contributed by atoms with Gasteiger partial charge in [-0.25, -0.2) is 0 Å². The van der Waals surface area contributed by atoms with Crippen molar-refractivity contribution >= 4 is 15.9 Å². The van der Waals surface area contributed by atoms with E-state index < -0.39 is 0 Å². The number of piperidine rings is 1. The minimum Gasteiger partial charge on any atom is -0.497 e. The summed E-state index contributed by atoms with van der Waals surface area (Å²) in [6.07, 6.45) is 2.55. The molecule has 0 spiro atoms. The summed E-state index contributed by atoms with van der Waals surface area (Å²) >= 11 is 3.64. The van der Waals surface area contributed by atoms with Gasteiger partial charge in [0.1, 0.15) is 5.75 Å². The maximum atomic E-state index is 6.05. The fraction of sp³-hybridized carbons (Fsp3) is 0.625. The standard InChI is InChI=1S/C16H25BrN2O2/c1-3-21-12-6-8-19(9-7-12)16(11-18)14-10-13(20-2)4-5-15(14)17/h4-5,10,12,16H,3,6-9,11,18H2,1-2H3. The quantitative estimate of drug-likeness (QED) is 0.851. The molecule has 5 heteroatoms. The molecule has 0 radical (unpaired) electrons. The second-order valence-electron chi connectivity index (χ2n) is 5.33. The normalized spacial score (nSPS) is 18.7. The number of rotatable bonds is 6. The molecule has 4 nitrogen and oxygen atoms in total. The molecule has 21 heavy (non-hydrogen) atoms. The molecular formula is C16H25BrN2O2. The van der Waals surface area contributed by atoms with Gasteiger partial charge in [-0.2, -0.15) is 0 Å². The van der Waals surface area contributed by atoms with Crippen molar-refractivity contribution in [1.82, 2.24) is 4.90 Å². The van der Waals surface area contributed by atoms with E-state index in [0.717, 1.165) is 42.8 Å². The number of hydrogen-bond donors (Lipinski definition) is 1. The predicted octanol–water partition coefficient (Wildman–Crippen LogP) is 2.96. The van der Waals surface area contributed by atoms with Gasteiger partial charge in [-0.05, 0) is 43.5 Å². The Morgan fingerprint density at radius 2 is 2.10 bits per heavy atom. The lowest BCUT2D eigenvalue weighted by Gasteiger charge is -2.37. The van der Waals surface area contributed by atoms with Gasteiger partial charge < -0.3 is 15.2 Å². The zero-order valence-electron chi connectivity index (χ0n) is 12.8. The van der Waals surface area contributed by atoms with E-state index in [1.807, 2.05) is 12.1 Å². The molecule has 1 saturated heterocycles. The highest BCUT2D eigenvalue weighted by molar-refractivity contribution is 9.10. The Morgan fingerprint density at radius 3 is 2.67 bits per heavy atom. The van der Waals surface area contributed by atoms with Crippen LogP contribution < -0.4 is 10.5 Å². The molecule has 2 rings (SSSR count). The molecule has 118 valence electrons. The molecule has 1 fully saturated rings. The van der Waals surface area contributed by atoms with Crippen LogP contribution in [0.15, 0.2) is 22.7 Å². The number of ether oxygens (including phenoxy) is 2. The first kappa shape index (κ1) is 16.7. The average molecular weight is 357 g/mol. The van der Waals surface area contributed by atoms with E-state index in [4.69, 9.17) is 15.2 Å². The number of benzene rings is 1. The molecule has 1 heterocycles. The molecule has 0 bridgehead atoms. The van der Waals surface area contributed by atoms with Gasteiger partial charge in [0.05, 0.1) is 13.2 Å². The van der Waals surface area contributed by atoms with Crippen molar-refractivity contribution in [2.24, 2.45) is 5.73 Å². The summed E-state index contributed by atoms with van der Waals surface area (Å²) in [5, 5.41) is 0. The SMILES string of the molecule is CCOC1CCN(C(CN)c2cc(OC)ccc2Br)CC1. The fourth-order valence-corrected chi connectivity index (χ4v) is 3.48. The van der Waals surface area contributed by atoms with Crippen molar-refractivity contribution in [2.45, 2.75) is 31.9 Å². The number of hydrogen-bond acceptors (Lipinski definition) is 4. The molecule has 0 saturated carbocycles. The number of nitrogens with zero attached hydrogens (tertiary/aromatic N) is 1. The highest BCUT2D eigenvalue weighted by Crippen LogP contribution is 2.32. The van der Waals surface area contributed by atoms with Crippen molar-refractivity contribution in [3.05, 3.63) is 28.2 Å². The fourth-order valence-electron chi connectivity index (χ4n) is 2.97. The highest BCUT2D eigenvalue weighted by atomic mass is 79.9. The maximum absolute atomic E-state index is 6.05. The smallest absolute Gasteiger partial charge is 0.119 e. The Bertz CT molecular complexity index is 448. The molecule has 0 aromatic heterocycles. The molecule has 1 aromatic carbocycles. The number of methoxy groups -OCH3 is 1. The second kappa shape index (κ2) is 8.13. The molecule has 2 N–H and O–H groups in total. The zero-order valence-corrected chi connectivity index (χ0v) is 14.4. The first-order chi connectivity index (χ1) is 10.2. The van der Waals surface area contributed by atoms with Gasteiger partial charge in [0.2, 0.25) is 0 Å². The molecule has 1 aliphatic rings. The van der Waals surface area contributed by atoms with Gasteiger partial charge in [0.15, 0.2) is 0 Å². The Labute approximate surface area is 135 Å². The van der Waals surface area contributed by atoms with E-state index >= 15 is 0 Å². The molecular weight excluding hydrogens is 332 g/mol. The predicted molar refractivity (Wildman–Crippen MR) is 88.7 cm³/mol. The minimum atomic E-state index is 0.219. The van der Waals surface area contributed by atoms with Crippen molar-refractivity contribution in [1.29, 1.82) is 0 Å². The van der Waals surface area contributed by atoms with Crippen LogP contribution in [-0.2, 0) is 4.74 Å². The number of halogens is 1. The van der Waals surface area contributed by atoms with Gasteiger partial charge in [0.25, 0.3) is 0 Å². The summed E-state index contributed by atoms with van der Waals surface area (Å²) in [5.74, 6) is 0.871. The third-order valence-corrected chi connectivity index (χ3v) is 4.83. The van der Waals surface area contributed by atoms with Crippen molar-refractivity contribution < 1.29 is 9.47 Å². The Hall–Kier alpha value is -0.620. The number of nitrogens with two attached hydrogens (primary N) is 1. The Morgan fingerprint density at radius 1 is 1.38 bits per heavy atom. The first-order valence-corrected chi connectivity index (χ1v) is 8.38. The second-order valence-corrected chi connectivity index (χ2v) is 6.18. The summed E-state index contributed by atoms with van der Waals surface area (Å²) in [7, 11) is 1.69. The maximum Gasteiger partial charge on any atom is 0.119 e. The van der Waals surface area contributed by atoms with E-state index in [-0.39, 0.29) is 6.04 Å². The molecule has 1 unspecified atom stereocenters. The van der Waals surface area contributed by atoms with E-state index in [9.17, 15) is 0 Å². The van der Waals surface area contributed by atoms with Gasteiger partial charge in [-0.1, -0.05) is 15.9 Å². The summed E-state index contributed by atoms with van der Waals surface area (Å²) in [6.45, 7) is 5.51. The molecule has 1 aliphatic heterocycles. The van der Waals surface area contributed by atoms with Gasteiger partial charge in [-0.15, -0.1) is 0 Å². The van der Waals surface area contributed by atoms with E-state index in [0.29, 0.717) is 12.6 Å². The van der Waals surface area contributed by atoms with Crippen LogP contribution in [0, 0.1) is 0 Å². The van der Waals surface area contributed by atoms with Crippen molar-refractivity contribution in [2.75, 3.05) is 33.4 Å². The average Bonchev–Trinajstić information content (AvgIpc) is 2.51. The van der Waals surface area contributed by atoms with Crippen LogP contribution >= 0.6 is 15.9 Å². The lowest BCUT2D eigenvalue weighted by Crippen LogP contribution is -2.42. The van der Waals surface area contributed by atoms with Crippen LogP contribution in [0.3, 0.4) is 0 Å². The highest BCUT2D eigenvalue weighted by Gasteiger charge is 2.26. The zero-order chi connectivity index (χ0) is 15.2. The van der Waals surface area contributed by atoms with Crippen LogP contribution in [0.25, 0.3) is 0 Å². The van der Waals surface area contributed by atoms with Crippen molar-refractivity contribution in [3.63, 3.8) is 0 Å². The van der Waals surface area contributed by atoms with Gasteiger partial charge in [-0.3, -0.25) is 4.90 Å².